The highest BCUT2D eigenvalue weighted by atomic mass is 35.5. The van der Waals surface area contributed by atoms with Crippen LogP contribution in [0.4, 0.5) is 8.78 Å². The Hall–Kier alpha value is -1.89. The Kier molecular flexibility index (Phi) is 3.94. The molecule has 8 heteroatoms. The zero-order valence-electron chi connectivity index (χ0n) is 13.2. The summed E-state index contributed by atoms with van der Waals surface area (Å²) in [5, 5.41) is 10.3. The summed E-state index contributed by atoms with van der Waals surface area (Å²) in [5.74, 6) is -0.620. The van der Waals surface area contributed by atoms with Gasteiger partial charge in [0, 0.05) is 12.0 Å². The summed E-state index contributed by atoms with van der Waals surface area (Å²) in [6.45, 7) is 3.53. The second kappa shape index (κ2) is 5.58. The van der Waals surface area contributed by atoms with Crippen LogP contribution >= 0.6 is 11.6 Å². The number of rotatable bonds is 5. The van der Waals surface area contributed by atoms with Gasteiger partial charge in [-0.2, -0.15) is 0 Å². The fourth-order valence-electron chi connectivity index (χ4n) is 2.71. The van der Waals surface area contributed by atoms with Gasteiger partial charge in [-0.1, -0.05) is 24.6 Å². The predicted octanol–water partition coefficient (Wildman–Crippen LogP) is 3.40. The molecule has 2 aliphatic rings. The summed E-state index contributed by atoms with van der Waals surface area (Å²) in [6.07, 6.45) is -2.44. The molecule has 1 fully saturated rings. The Morgan fingerprint density at radius 3 is 2.50 bits per heavy atom. The lowest BCUT2D eigenvalue weighted by atomic mass is 9.93. The molecule has 3 rings (SSSR count). The smallest absolute Gasteiger partial charge is 0.395 e. The topological polar surface area (TPSA) is 71.4 Å². The lowest BCUT2D eigenvalue weighted by Crippen LogP contribution is -2.44. The SMILES string of the molecule is CC(C(=N)Cl)[C@@H](C)NC(=O)C1(c2ccc3c(c2)OC(F)(F)O3)CC1. The maximum absolute atomic E-state index is 13.1. The largest absolute Gasteiger partial charge is 0.586 e. The van der Waals surface area contributed by atoms with Gasteiger partial charge in [0.1, 0.15) is 5.17 Å². The van der Waals surface area contributed by atoms with Crippen molar-refractivity contribution in [1.29, 1.82) is 5.41 Å². The average Bonchev–Trinajstić information content (AvgIpc) is 3.23. The maximum Gasteiger partial charge on any atom is 0.586 e. The van der Waals surface area contributed by atoms with Crippen molar-refractivity contribution in [1.82, 2.24) is 5.32 Å². The van der Waals surface area contributed by atoms with E-state index in [2.05, 4.69) is 14.8 Å². The molecule has 2 atom stereocenters. The number of benzene rings is 1. The van der Waals surface area contributed by atoms with Crippen LogP contribution in [0, 0.1) is 11.3 Å². The number of hydrogen-bond acceptors (Lipinski definition) is 4. The van der Waals surface area contributed by atoms with Gasteiger partial charge in [0.25, 0.3) is 0 Å². The molecule has 1 amide bonds. The molecule has 0 radical (unpaired) electrons. The number of carbonyl (C=O) groups is 1. The minimum absolute atomic E-state index is 0.0297. The molecule has 0 spiro atoms. The number of amides is 1. The summed E-state index contributed by atoms with van der Waals surface area (Å²) in [6, 6.07) is 4.12. The van der Waals surface area contributed by atoms with Crippen molar-refractivity contribution in [3.63, 3.8) is 0 Å². The first kappa shape index (κ1) is 17.0. The van der Waals surface area contributed by atoms with Crippen LogP contribution in [0.3, 0.4) is 0 Å². The van der Waals surface area contributed by atoms with E-state index in [0.29, 0.717) is 18.4 Å². The van der Waals surface area contributed by atoms with Crippen LogP contribution in [-0.2, 0) is 10.2 Å². The Labute approximate surface area is 142 Å². The summed E-state index contributed by atoms with van der Waals surface area (Å²) < 4.78 is 35.1. The van der Waals surface area contributed by atoms with Crippen molar-refractivity contribution in [2.75, 3.05) is 0 Å². The van der Waals surface area contributed by atoms with E-state index in [1.807, 2.05) is 0 Å². The van der Waals surface area contributed by atoms with Crippen molar-refractivity contribution < 1.29 is 23.0 Å². The normalized spacial score (nSPS) is 21.7. The zero-order chi connectivity index (χ0) is 17.7. The standard InChI is InChI=1S/C16H17ClF2N2O3/c1-8(13(17)20)9(2)21-14(22)15(5-6-15)10-3-4-11-12(7-10)24-16(18,19)23-11/h3-4,7-9,20H,5-6H2,1-2H3,(H,21,22)/t8?,9-/m1/s1. The number of alkyl halides is 2. The first-order chi connectivity index (χ1) is 11.1. The van der Waals surface area contributed by atoms with Crippen LogP contribution in [0.15, 0.2) is 18.2 Å². The summed E-state index contributed by atoms with van der Waals surface area (Å²) in [7, 11) is 0. The number of fused-ring (bicyclic) bond motifs is 1. The van der Waals surface area contributed by atoms with E-state index in [4.69, 9.17) is 17.0 Å². The molecule has 1 saturated carbocycles. The van der Waals surface area contributed by atoms with Crippen LogP contribution in [-0.4, -0.2) is 23.4 Å². The van der Waals surface area contributed by atoms with Gasteiger partial charge < -0.3 is 14.8 Å². The number of nitrogens with one attached hydrogen (secondary N) is 2. The fraction of sp³-hybridized carbons (Fsp3) is 0.500. The molecular formula is C16H17ClF2N2O3. The molecule has 0 saturated heterocycles. The number of carbonyl (C=O) groups excluding carboxylic acids is 1. The molecule has 1 unspecified atom stereocenters. The van der Waals surface area contributed by atoms with E-state index in [1.54, 1.807) is 19.9 Å². The monoisotopic (exact) mass is 358 g/mol. The summed E-state index contributed by atoms with van der Waals surface area (Å²) in [5.41, 5.74) is -0.139. The maximum atomic E-state index is 13.1. The lowest BCUT2D eigenvalue weighted by molar-refractivity contribution is -0.286. The van der Waals surface area contributed by atoms with Crippen LogP contribution in [0.25, 0.3) is 0 Å². The number of hydrogen-bond donors (Lipinski definition) is 2. The summed E-state index contributed by atoms with van der Waals surface area (Å²) in [4.78, 5) is 12.6. The van der Waals surface area contributed by atoms with E-state index in [1.165, 1.54) is 12.1 Å². The molecule has 0 bridgehead atoms. The molecule has 1 heterocycles. The van der Waals surface area contributed by atoms with E-state index in [0.717, 1.165) is 0 Å². The molecule has 5 nitrogen and oxygen atoms in total. The Bertz CT molecular complexity index is 707. The van der Waals surface area contributed by atoms with Gasteiger partial charge >= 0.3 is 6.29 Å². The van der Waals surface area contributed by atoms with Gasteiger partial charge in [-0.25, -0.2) is 0 Å². The average molecular weight is 359 g/mol. The van der Waals surface area contributed by atoms with E-state index >= 15 is 0 Å². The van der Waals surface area contributed by atoms with Crippen LogP contribution in [0.1, 0.15) is 32.3 Å². The predicted molar refractivity (Wildman–Crippen MR) is 83.9 cm³/mol. The first-order valence-electron chi connectivity index (χ1n) is 7.60. The minimum Gasteiger partial charge on any atom is -0.395 e. The van der Waals surface area contributed by atoms with Crippen molar-refractivity contribution in [2.45, 2.75) is 44.4 Å². The second-order valence-corrected chi connectivity index (χ2v) is 6.72. The van der Waals surface area contributed by atoms with Crippen molar-refractivity contribution in [2.24, 2.45) is 5.92 Å². The van der Waals surface area contributed by atoms with Gasteiger partial charge in [-0.15, -0.1) is 8.78 Å². The Balaban J connectivity index is 1.78. The molecule has 24 heavy (non-hydrogen) atoms. The highest BCUT2D eigenvalue weighted by Crippen LogP contribution is 2.51. The molecule has 1 aromatic carbocycles. The number of ether oxygens (including phenoxy) is 2. The van der Waals surface area contributed by atoms with Crippen molar-refractivity contribution >= 4 is 22.7 Å². The quantitative estimate of drug-likeness (QED) is 0.792. The lowest BCUT2D eigenvalue weighted by Gasteiger charge is -2.23. The van der Waals surface area contributed by atoms with Gasteiger partial charge in [-0.3, -0.25) is 10.2 Å². The van der Waals surface area contributed by atoms with Gasteiger partial charge in [0.15, 0.2) is 11.5 Å². The Morgan fingerprint density at radius 2 is 1.92 bits per heavy atom. The van der Waals surface area contributed by atoms with Gasteiger partial charge in [-0.05, 0) is 37.5 Å². The first-order valence-corrected chi connectivity index (χ1v) is 7.98. The third kappa shape index (κ3) is 2.92. The highest BCUT2D eigenvalue weighted by molar-refractivity contribution is 6.65. The second-order valence-electron chi connectivity index (χ2n) is 6.31. The van der Waals surface area contributed by atoms with Gasteiger partial charge in [0.2, 0.25) is 5.91 Å². The van der Waals surface area contributed by atoms with Crippen LogP contribution in [0.2, 0.25) is 0 Å². The van der Waals surface area contributed by atoms with Crippen molar-refractivity contribution in [3.8, 4) is 11.5 Å². The van der Waals surface area contributed by atoms with E-state index in [9.17, 15) is 13.6 Å². The van der Waals surface area contributed by atoms with Crippen molar-refractivity contribution in [3.05, 3.63) is 23.8 Å². The zero-order valence-corrected chi connectivity index (χ0v) is 13.9. The van der Waals surface area contributed by atoms with Crippen LogP contribution in [0.5, 0.6) is 11.5 Å². The minimum atomic E-state index is -3.68. The van der Waals surface area contributed by atoms with Gasteiger partial charge in [0.05, 0.1) is 5.41 Å². The van der Waals surface area contributed by atoms with Crippen LogP contribution < -0.4 is 14.8 Å². The molecule has 1 aliphatic heterocycles. The molecule has 0 aromatic heterocycles. The van der Waals surface area contributed by atoms with E-state index in [-0.39, 0.29) is 34.5 Å². The fourth-order valence-corrected chi connectivity index (χ4v) is 2.90. The highest BCUT2D eigenvalue weighted by Gasteiger charge is 2.53. The molecule has 1 aromatic rings. The molecule has 2 N–H and O–H groups in total. The van der Waals surface area contributed by atoms with E-state index < -0.39 is 11.7 Å². The molecular weight excluding hydrogens is 342 g/mol. The third-order valence-corrected chi connectivity index (χ3v) is 4.99. The number of halogens is 3. The Morgan fingerprint density at radius 1 is 1.29 bits per heavy atom. The third-order valence-electron chi connectivity index (χ3n) is 4.65. The molecule has 1 aliphatic carbocycles. The summed E-state index contributed by atoms with van der Waals surface area (Å²) >= 11 is 5.67. The molecule has 130 valence electrons.